The molecular formula is C19H31NO. The van der Waals surface area contributed by atoms with E-state index in [2.05, 4.69) is 58.1 Å². The molecule has 2 nitrogen and oxygen atoms in total. The second-order valence-electron chi connectivity index (χ2n) is 7.21. The molecule has 0 bridgehead atoms. The number of ether oxygens (including phenoxy) is 1. The van der Waals surface area contributed by atoms with Crippen molar-refractivity contribution in [3.05, 3.63) is 29.3 Å². The van der Waals surface area contributed by atoms with E-state index in [4.69, 9.17) is 4.74 Å². The minimum absolute atomic E-state index is 0.280. The Hall–Kier alpha value is -1.02. The Morgan fingerprint density at radius 1 is 1.24 bits per heavy atom. The van der Waals surface area contributed by atoms with E-state index < -0.39 is 0 Å². The fourth-order valence-electron chi connectivity index (χ4n) is 3.38. The molecule has 1 saturated carbocycles. The molecule has 2 unspecified atom stereocenters. The van der Waals surface area contributed by atoms with Crippen LogP contribution in [0.4, 0.5) is 0 Å². The van der Waals surface area contributed by atoms with Crippen molar-refractivity contribution in [2.75, 3.05) is 6.54 Å². The molecule has 1 N–H and O–H groups in total. The summed E-state index contributed by atoms with van der Waals surface area (Å²) in [7, 11) is 0. The summed E-state index contributed by atoms with van der Waals surface area (Å²) in [4.78, 5) is 0. The van der Waals surface area contributed by atoms with Crippen LogP contribution in [0.5, 0.6) is 5.75 Å². The predicted molar refractivity (Wildman–Crippen MR) is 90.0 cm³/mol. The van der Waals surface area contributed by atoms with Gasteiger partial charge in [0, 0.05) is 6.04 Å². The van der Waals surface area contributed by atoms with Crippen LogP contribution in [-0.2, 0) is 0 Å². The molecule has 0 amide bonds. The van der Waals surface area contributed by atoms with Crippen LogP contribution in [0.25, 0.3) is 0 Å². The molecule has 0 aliphatic heterocycles. The summed E-state index contributed by atoms with van der Waals surface area (Å²) in [5.74, 6) is 1.02. The first kappa shape index (κ1) is 16.4. The summed E-state index contributed by atoms with van der Waals surface area (Å²) in [5.41, 5.74) is 2.94. The van der Waals surface area contributed by atoms with Crippen LogP contribution < -0.4 is 10.1 Å². The molecule has 2 rings (SSSR count). The minimum Gasteiger partial charge on any atom is -0.489 e. The van der Waals surface area contributed by atoms with Crippen LogP contribution in [0.1, 0.15) is 57.6 Å². The monoisotopic (exact) mass is 289 g/mol. The number of benzene rings is 1. The van der Waals surface area contributed by atoms with Gasteiger partial charge in [0.25, 0.3) is 0 Å². The highest BCUT2D eigenvalue weighted by Crippen LogP contribution is 2.37. The molecule has 0 aromatic heterocycles. The molecule has 21 heavy (non-hydrogen) atoms. The van der Waals surface area contributed by atoms with E-state index in [1.165, 1.54) is 30.4 Å². The van der Waals surface area contributed by atoms with E-state index in [1.54, 1.807) is 0 Å². The second-order valence-corrected chi connectivity index (χ2v) is 7.21. The van der Waals surface area contributed by atoms with Crippen LogP contribution in [0.3, 0.4) is 0 Å². The van der Waals surface area contributed by atoms with Gasteiger partial charge in [-0.1, -0.05) is 26.8 Å². The molecule has 1 aromatic carbocycles. The number of aryl methyl sites for hydroxylation is 2. The van der Waals surface area contributed by atoms with Gasteiger partial charge in [-0.15, -0.1) is 0 Å². The second kappa shape index (κ2) is 6.83. The smallest absolute Gasteiger partial charge is 0.120 e. The highest BCUT2D eigenvalue weighted by Gasteiger charge is 2.39. The summed E-state index contributed by atoms with van der Waals surface area (Å²) >= 11 is 0. The van der Waals surface area contributed by atoms with Gasteiger partial charge in [0.2, 0.25) is 0 Å². The third-order valence-corrected chi connectivity index (χ3v) is 4.90. The van der Waals surface area contributed by atoms with E-state index >= 15 is 0 Å². The van der Waals surface area contributed by atoms with Crippen LogP contribution >= 0.6 is 0 Å². The van der Waals surface area contributed by atoms with Gasteiger partial charge in [0.1, 0.15) is 11.9 Å². The fourth-order valence-corrected chi connectivity index (χ4v) is 3.38. The third kappa shape index (κ3) is 4.00. The van der Waals surface area contributed by atoms with Crippen molar-refractivity contribution in [1.82, 2.24) is 5.32 Å². The van der Waals surface area contributed by atoms with Crippen molar-refractivity contribution in [3.8, 4) is 5.75 Å². The molecule has 1 aliphatic carbocycles. The van der Waals surface area contributed by atoms with Crippen molar-refractivity contribution in [2.24, 2.45) is 5.41 Å². The maximum atomic E-state index is 6.37. The Balaban J connectivity index is 2.12. The van der Waals surface area contributed by atoms with Gasteiger partial charge in [-0.2, -0.15) is 0 Å². The molecule has 0 saturated heterocycles. The molecule has 1 aliphatic rings. The summed E-state index contributed by atoms with van der Waals surface area (Å²) in [6, 6.07) is 6.88. The Morgan fingerprint density at radius 3 is 2.67 bits per heavy atom. The standard InChI is InChI=1S/C19H31NO/c1-6-12-20-18-17(8-7-11-19(18,4)5)21-16-10-9-14(2)15(3)13-16/h9-10,13,17-18,20H,6-8,11-12H2,1-5H3. The SMILES string of the molecule is CCCNC1C(Oc2ccc(C)c(C)c2)CCCC1(C)C. The van der Waals surface area contributed by atoms with Crippen LogP contribution in [-0.4, -0.2) is 18.7 Å². The molecule has 1 fully saturated rings. The predicted octanol–water partition coefficient (Wildman–Crippen LogP) is 4.63. The van der Waals surface area contributed by atoms with E-state index in [9.17, 15) is 0 Å². The minimum atomic E-state index is 0.280. The quantitative estimate of drug-likeness (QED) is 0.853. The summed E-state index contributed by atoms with van der Waals surface area (Å²) in [6.45, 7) is 12.3. The number of nitrogens with one attached hydrogen (secondary N) is 1. The fraction of sp³-hybridized carbons (Fsp3) is 0.684. The molecular weight excluding hydrogens is 258 g/mol. The largest absolute Gasteiger partial charge is 0.489 e. The average Bonchev–Trinajstić information content (AvgIpc) is 2.42. The molecule has 0 spiro atoms. The number of hydrogen-bond acceptors (Lipinski definition) is 2. The summed E-state index contributed by atoms with van der Waals surface area (Å²) in [6.07, 6.45) is 5.14. The Labute approximate surface area is 130 Å². The Kier molecular flexibility index (Phi) is 5.32. The maximum Gasteiger partial charge on any atom is 0.120 e. The van der Waals surface area contributed by atoms with Crippen molar-refractivity contribution in [3.63, 3.8) is 0 Å². The average molecular weight is 289 g/mol. The van der Waals surface area contributed by atoms with E-state index in [0.29, 0.717) is 11.5 Å². The zero-order valence-electron chi connectivity index (χ0n) is 14.3. The molecule has 2 heteroatoms. The molecule has 1 aromatic rings. The zero-order valence-corrected chi connectivity index (χ0v) is 14.3. The van der Waals surface area contributed by atoms with E-state index in [1.807, 2.05) is 0 Å². The van der Waals surface area contributed by atoms with Crippen LogP contribution in [0, 0.1) is 19.3 Å². The Bertz CT molecular complexity index is 467. The lowest BCUT2D eigenvalue weighted by molar-refractivity contribution is 0.0364. The lowest BCUT2D eigenvalue weighted by Gasteiger charge is -2.44. The molecule has 0 heterocycles. The zero-order chi connectivity index (χ0) is 15.5. The highest BCUT2D eigenvalue weighted by molar-refractivity contribution is 5.34. The van der Waals surface area contributed by atoms with Crippen molar-refractivity contribution < 1.29 is 4.74 Å². The van der Waals surface area contributed by atoms with Crippen molar-refractivity contribution in [1.29, 1.82) is 0 Å². The number of hydrogen-bond donors (Lipinski definition) is 1. The van der Waals surface area contributed by atoms with Crippen molar-refractivity contribution >= 4 is 0 Å². The topological polar surface area (TPSA) is 21.3 Å². The first-order valence-corrected chi connectivity index (χ1v) is 8.41. The van der Waals surface area contributed by atoms with Gasteiger partial charge >= 0.3 is 0 Å². The first-order chi connectivity index (χ1) is 9.94. The lowest BCUT2D eigenvalue weighted by atomic mass is 9.71. The van der Waals surface area contributed by atoms with Gasteiger partial charge in [0.05, 0.1) is 0 Å². The molecule has 0 radical (unpaired) electrons. The van der Waals surface area contributed by atoms with Crippen LogP contribution in [0.2, 0.25) is 0 Å². The first-order valence-electron chi connectivity index (χ1n) is 8.41. The summed E-state index contributed by atoms with van der Waals surface area (Å²) < 4.78 is 6.37. The highest BCUT2D eigenvalue weighted by atomic mass is 16.5. The molecule has 2 atom stereocenters. The third-order valence-electron chi connectivity index (χ3n) is 4.90. The molecule has 118 valence electrons. The lowest BCUT2D eigenvalue weighted by Crippen LogP contribution is -2.54. The Morgan fingerprint density at radius 2 is 2.00 bits per heavy atom. The van der Waals surface area contributed by atoms with Gasteiger partial charge in [-0.25, -0.2) is 0 Å². The van der Waals surface area contributed by atoms with Crippen LogP contribution in [0.15, 0.2) is 18.2 Å². The maximum absolute atomic E-state index is 6.37. The normalized spacial score (nSPS) is 24.8. The number of rotatable bonds is 5. The van der Waals surface area contributed by atoms with E-state index in [0.717, 1.165) is 18.7 Å². The van der Waals surface area contributed by atoms with E-state index in [-0.39, 0.29) is 6.10 Å². The van der Waals surface area contributed by atoms with Gasteiger partial charge in [-0.05, 0) is 74.8 Å². The van der Waals surface area contributed by atoms with Gasteiger partial charge < -0.3 is 10.1 Å². The van der Waals surface area contributed by atoms with Gasteiger partial charge in [0.15, 0.2) is 0 Å². The van der Waals surface area contributed by atoms with Gasteiger partial charge in [-0.3, -0.25) is 0 Å². The van der Waals surface area contributed by atoms with Crippen molar-refractivity contribution in [2.45, 2.75) is 72.4 Å². The summed E-state index contributed by atoms with van der Waals surface area (Å²) in [5, 5.41) is 3.73.